The van der Waals surface area contributed by atoms with Gasteiger partial charge in [-0.05, 0) is 25.0 Å². The van der Waals surface area contributed by atoms with Crippen molar-refractivity contribution in [3.63, 3.8) is 0 Å². The lowest BCUT2D eigenvalue weighted by Gasteiger charge is -2.15. The molecule has 0 bridgehead atoms. The van der Waals surface area contributed by atoms with Crippen LogP contribution >= 0.6 is 0 Å². The zero-order valence-electron chi connectivity index (χ0n) is 17.9. The van der Waals surface area contributed by atoms with Crippen LogP contribution in [0.5, 0.6) is 11.5 Å². The number of rotatable bonds is 13. The summed E-state index contributed by atoms with van der Waals surface area (Å²) in [6.45, 7) is 6.89. The van der Waals surface area contributed by atoms with Crippen molar-refractivity contribution in [2.45, 2.75) is 59.3 Å². The third kappa shape index (κ3) is 7.50. The monoisotopic (exact) mass is 399 g/mol. The molecule has 5 nitrogen and oxygen atoms in total. The van der Waals surface area contributed by atoms with E-state index < -0.39 is 0 Å². The molecule has 0 saturated carbocycles. The van der Waals surface area contributed by atoms with Gasteiger partial charge in [-0.25, -0.2) is 0 Å². The van der Waals surface area contributed by atoms with Gasteiger partial charge in [0.05, 0.1) is 18.7 Å². The average Bonchev–Trinajstić information content (AvgIpc) is 2.75. The maximum atomic E-state index is 12.3. The number of ether oxygens (including phenoxy) is 3. The molecule has 0 aliphatic rings. The standard InChI is InChI=1S/C24H33NO4/c1-4-6-7-8-11-16-27-18-28-23-17-25-15-14-21(23)20-12-9-10-13-22(20)29-24(26)19(3)5-2/h9-10,12-15,17,19H,4-8,11,16,18H2,1-3H3. The van der Waals surface area contributed by atoms with Crippen molar-refractivity contribution in [3.8, 4) is 22.6 Å². The van der Waals surface area contributed by atoms with Crippen LogP contribution in [0.3, 0.4) is 0 Å². The normalized spacial score (nSPS) is 11.8. The minimum atomic E-state index is -0.233. The molecular formula is C24H33NO4. The number of esters is 1. The summed E-state index contributed by atoms with van der Waals surface area (Å²) >= 11 is 0. The number of aromatic nitrogens is 1. The number of carbonyl (C=O) groups is 1. The van der Waals surface area contributed by atoms with Crippen molar-refractivity contribution >= 4 is 5.97 Å². The number of para-hydroxylation sites is 1. The van der Waals surface area contributed by atoms with Gasteiger partial charge in [0.1, 0.15) is 11.5 Å². The highest BCUT2D eigenvalue weighted by atomic mass is 16.7. The second-order valence-corrected chi connectivity index (χ2v) is 7.18. The molecular weight excluding hydrogens is 366 g/mol. The van der Waals surface area contributed by atoms with Gasteiger partial charge in [-0.2, -0.15) is 0 Å². The maximum Gasteiger partial charge on any atom is 0.314 e. The second-order valence-electron chi connectivity index (χ2n) is 7.18. The predicted molar refractivity (Wildman–Crippen MR) is 115 cm³/mol. The van der Waals surface area contributed by atoms with Crippen LogP contribution in [0.2, 0.25) is 0 Å². The van der Waals surface area contributed by atoms with Gasteiger partial charge in [0, 0.05) is 17.3 Å². The van der Waals surface area contributed by atoms with Crippen LogP contribution in [0.25, 0.3) is 11.1 Å². The van der Waals surface area contributed by atoms with Crippen molar-refractivity contribution in [2.24, 2.45) is 5.92 Å². The SMILES string of the molecule is CCCCCCCOCOc1cnccc1-c1ccccc1OC(=O)C(C)CC. The molecule has 0 aliphatic carbocycles. The summed E-state index contributed by atoms with van der Waals surface area (Å²) in [6, 6.07) is 9.33. The molecule has 1 aromatic carbocycles. The van der Waals surface area contributed by atoms with Crippen LogP contribution < -0.4 is 9.47 Å². The highest BCUT2D eigenvalue weighted by Gasteiger charge is 2.17. The molecule has 29 heavy (non-hydrogen) atoms. The molecule has 5 heteroatoms. The smallest absolute Gasteiger partial charge is 0.314 e. The number of hydrogen-bond donors (Lipinski definition) is 0. The van der Waals surface area contributed by atoms with E-state index in [1.165, 1.54) is 25.7 Å². The summed E-state index contributed by atoms with van der Waals surface area (Å²) in [5, 5.41) is 0. The van der Waals surface area contributed by atoms with Gasteiger partial charge < -0.3 is 14.2 Å². The number of carbonyl (C=O) groups excluding carboxylic acids is 1. The molecule has 1 unspecified atom stereocenters. The second kappa shape index (κ2) is 12.9. The van der Waals surface area contributed by atoms with E-state index in [0.29, 0.717) is 18.1 Å². The molecule has 2 rings (SSSR count). The Kier molecular flexibility index (Phi) is 10.2. The predicted octanol–water partition coefficient (Wildman–Crippen LogP) is 6.02. The molecule has 0 amide bonds. The first-order valence-corrected chi connectivity index (χ1v) is 10.6. The fourth-order valence-electron chi connectivity index (χ4n) is 2.84. The summed E-state index contributed by atoms with van der Waals surface area (Å²) in [5.74, 6) is 0.737. The Balaban J connectivity index is 2.00. The Morgan fingerprint density at radius 3 is 2.55 bits per heavy atom. The molecule has 1 heterocycles. The van der Waals surface area contributed by atoms with Crippen LogP contribution in [-0.2, 0) is 9.53 Å². The lowest BCUT2D eigenvalue weighted by atomic mass is 10.0. The number of hydrogen-bond acceptors (Lipinski definition) is 5. The summed E-state index contributed by atoms with van der Waals surface area (Å²) in [4.78, 5) is 16.4. The van der Waals surface area contributed by atoms with Crippen molar-refractivity contribution in [1.82, 2.24) is 4.98 Å². The van der Waals surface area contributed by atoms with E-state index in [9.17, 15) is 4.79 Å². The average molecular weight is 400 g/mol. The van der Waals surface area contributed by atoms with E-state index in [0.717, 1.165) is 24.0 Å². The van der Waals surface area contributed by atoms with E-state index in [1.807, 2.05) is 38.1 Å². The lowest BCUT2D eigenvalue weighted by molar-refractivity contribution is -0.138. The van der Waals surface area contributed by atoms with Gasteiger partial charge >= 0.3 is 5.97 Å². The summed E-state index contributed by atoms with van der Waals surface area (Å²) < 4.78 is 17.1. The highest BCUT2D eigenvalue weighted by molar-refractivity contribution is 5.81. The van der Waals surface area contributed by atoms with E-state index in [2.05, 4.69) is 11.9 Å². The Morgan fingerprint density at radius 2 is 1.76 bits per heavy atom. The molecule has 1 aromatic heterocycles. The van der Waals surface area contributed by atoms with Crippen LogP contribution in [0.15, 0.2) is 42.7 Å². The van der Waals surface area contributed by atoms with E-state index in [4.69, 9.17) is 14.2 Å². The lowest BCUT2D eigenvalue weighted by Crippen LogP contribution is -2.17. The summed E-state index contributed by atoms with van der Waals surface area (Å²) in [5.41, 5.74) is 1.61. The molecule has 0 N–H and O–H groups in total. The van der Waals surface area contributed by atoms with Crippen LogP contribution in [0, 0.1) is 5.92 Å². The highest BCUT2D eigenvalue weighted by Crippen LogP contribution is 2.36. The maximum absolute atomic E-state index is 12.3. The van der Waals surface area contributed by atoms with E-state index in [1.54, 1.807) is 18.5 Å². The summed E-state index contributed by atoms with van der Waals surface area (Å²) in [6.07, 6.45) is 10.1. The van der Waals surface area contributed by atoms with Crippen molar-refractivity contribution in [3.05, 3.63) is 42.7 Å². The van der Waals surface area contributed by atoms with Gasteiger partial charge in [0.15, 0.2) is 6.79 Å². The minimum Gasteiger partial charge on any atom is -0.465 e. The molecule has 0 fully saturated rings. The first-order valence-electron chi connectivity index (χ1n) is 10.6. The Morgan fingerprint density at radius 1 is 1.00 bits per heavy atom. The van der Waals surface area contributed by atoms with E-state index >= 15 is 0 Å². The van der Waals surface area contributed by atoms with Gasteiger partial charge in [-0.3, -0.25) is 9.78 Å². The zero-order valence-corrected chi connectivity index (χ0v) is 17.9. The van der Waals surface area contributed by atoms with Gasteiger partial charge in [0.25, 0.3) is 0 Å². The third-order valence-electron chi connectivity index (χ3n) is 4.88. The first kappa shape index (κ1) is 22.9. The summed E-state index contributed by atoms with van der Waals surface area (Å²) in [7, 11) is 0. The molecule has 1 atom stereocenters. The van der Waals surface area contributed by atoms with Crippen LogP contribution in [0.1, 0.15) is 59.3 Å². The van der Waals surface area contributed by atoms with Gasteiger partial charge in [0.2, 0.25) is 0 Å². The fourth-order valence-corrected chi connectivity index (χ4v) is 2.84. The van der Waals surface area contributed by atoms with Crippen molar-refractivity contribution < 1.29 is 19.0 Å². The molecule has 0 aliphatic heterocycles. The first-order chi connectivity index (χ1) is 14.2. The zero-order chi connectivity index (χ0) is 20.9. The number of unbranched alkanes of at least 4 members (excludes halogenated alkanes) is 4. The Bertz CT molecular complexity index is 747. The largest absolute Gasteiger partial charge is 0.465 e. The molecule has 0 radical (unpaired) electrons. The molecule has 158 valence electrons. The molecule has 2 aromatic rings. The Labute approximate surface area is 174 Å². The van der Waals surface area contributed by atoms with Crippen LogP contribution in [-0.4, -0.2) is 24.4 Å². The van der Waals surface area contributed by atoms with E-state index in [-0.39, 0.29) is 18.7 Å². The minimum absolute atomic E-state index is 0.151. The molecule has 0 spiro atoms. The molecule has 0 saturated heterocycles. The number of nitrogens with zero attached hydrogens (tertiary/aromatic N) is 1. The fraction of sp³-hybridized carbons (Fsp3) is 0.500. The number of benzene rings is 1. The number of pyridine rings is 1. The third-order valence-corrected chi connectivity index (χ3v) is 4.88. The van der Waals surface area contributed by atoms with Gasteiger partial charge in [-0.15, -0.1) is 0 Å². The topological polar surface area (TPSA) is 57.6 Å². The van der Waals surface area contributed by atoms with Crippen molar-refractivity contribution in [2.75, 3.05) is 13.4 Å². The Hall–Kier alpha value is -2.40. The quantitative estimate of drug-likeness (QED) is 0.178. The van der Waals surface area contributed by atoms with Crippen LogP contribution in [0.4, 0.5) is 0 Å². The van der Waals surface area contributed by atoms with Gasteiger partial charge in [-0.1, -0.05) is 64.7 Å². The van der Waals surface area contributed by atoms with Crippen molar-refractivity contribution in [1.29, 1.82) is 0 Å².